The van der Waals surface area contributed by atoms with Gasteiger partial charge in [0.1, 0.15) is 17.2 Å². The Morgan fingerprint density at radius 2 is 1.67 bits per heavy atom. The van der Waals surface area contributed by atoms with Crippen LogP contribution in [0.4, 0.5) is 26.9 Å². The zero-order valence-corrected chi connectivity index (χ0v) is 26.5. The van der Waals surface area contributed by atoms with Gasteiger partial charge in [-0.25, -0.2) is 19.6 Å². The van der Waals surface area contributed by atoms with Gasteiger partial charge in [0, 0.05) is 43.6 Å². The van der Waals surface area contributed by atoms with E-state index in [1.807, 2.05) is 25.1 Å². The van der Waals surface area contributed by atoms with Gasteiger partial charge in [-0.2, -0.15) is 0 Å². The summed E-state index contributed by atoms with van der Waals surface area (Å²) >= 11 is 0. The summed E-state index contributed by atoms with van der Waals surface area (Å²) in [6.07, 6.45) is 4.72. The van der Waals surface area contributed by atoms with Crippen LogP contribution in [0.5, 0.6) is 0 Å². The minimum absolute atomic E-state index is 0.142. The summed E-state index contributed by atoms with van der Waals surface area (Å²) in [5.41, 5.74) is 2.84. The van der Waals surface area contributed by atoms with Crippen LogP contribution in [-0.4, -0.2) is 71.2 Å². The van der Waals surface area contributed by atoms with Crippen LogP contribution in [0.2, 0.25) is 0 Å². The molecule has 1 aliphatic rings. The van der Waals surface area contributed by atoms with E-state index in [1.54, 1.807) is 57.3 Å². The molecule has 0 spiro atoms. The number of amides is 4. The number of aromatic nitrogens is 2. The number of piperidine rings is 1. The van der Waals surface area contributed by atoms with Crippen molar-refractivity contribution in [2.45, 2.75) is 59.1 Å². The standard InChI is InChI=1S/C33H44N8O4/c1-5-34-29-26(30(42)35-17-20-41-18-7-6-8-19-41)14-15-27(39-29)24-10-12-25(13-11-24)38-31(43)37-22-23-9-16-28(36-21-23)40-32(44)45-33(2,3)4/h9-16,21H,5-8,17-20,22H2,1-4H3,(H,34,39)(H,35,42)(H,36,40,44)(H2,37,38,43). The number of hydrogen-bond acceptors (Lipinski definition) is 8. The Morgan fingerprint density at radius 1 is 0.911 bits per heavy atom. The Labute approximate surface area is 264 Å². The third-order valence-corrected chi connectivity index (χ3v) is 6.99. The van der Waals surface area contributed by atoms with Gasteiger partial charge in [-0.05, 0) is 89.5 Å². The molecule has 0 atom stereocenters. The van der Waals surface area contributed by atoms with Crippen LogP contribution < -0.4 is 26.6 Å². The van der Waals surface area contributed by atoms with Gasteiger partial charge >= 0.3 is 12.1 Å². The lowest BCUT2D eigenvalue weighted by Crippen LogP contribution is -2.37. The van der Waals surface area contributed by atoms with Crippen molar-refractivity contribution >= 4 is 35.4 Å². The van der Waals surface area contributed by atoms with Crippen molar-refractivity contribution in [3.8, 4) is 11.3 Å². The quantitative estimate of drug-likeness (QED) is 0.191. The topological polar surface area (TPSA) is 150 Å². The minimum atomic E-state index is -0.606. The lowest BCUT2D eigenvalue weighted by Gasteiger charge is -2.26. The summed E-state index contributed by atoms with van der Waals surface area (Å²) in [7, 11) is 0. The number of carbonyl (C=O) groups excluding carboxylic acids is 3. The number of ether oxygens (including phenoxy) is 1. The SMILES string of the molecule is CCNc1nc(-c2ccc(NC(=O)NCc3ccc(NC(=O)OC(C)(C)C)nc3)cc2)ccc1C(=O)NCCN1CCCCC1. The van der Waals surface area contributed by atoms with E-state index in [-0.39, 0.29) is 18.5 Å². The predicted molar refractivity (Wildman–Crippen MR) is 176 cm³/mol. The molecular weight excluding hydrogens is 572 g/mol. The smallest absolute Gasteiger partial charge is 0.413 e. The first-order chi connectivity index (χ1) is 21.6. The number of likely N-dealkylation sites (tertiary alicyclic amines) is 1. The Bertz CT molecular complexity index is 1430. The zero-order valence-electron chi connectivity index (χ0n) is 26.5. The van der Waals surface area contributed by atoms with Gasteiger partial charge in [0.15, 0.2) is 0 Å². The zero-order chi connectivity index (χ0) is 32.2. The van der Waals surface area contributed by atoms with Gasteiger partial charge in [0.25, 0.3) is 5.91 Å². The molecule has 5 N–H and O–H groups in total. The van der Waals surface area contributed by atoms with E-state index in [4.69, 9.17) is 9.72 Å². The molecule has 3 heterocycles. The molecule has 1 aliphatic heterocycles. The maximum absolute atomic E-state index is 12.9. The highest BCUT2D eigenvalue weighted by atomic mass is 16.6. The monoisotopic (exact) mass is 616 g/mol. The summed E-state index contributed by atoms with van der Waals surface area (Å²) in [6.45, 7) is 11.8. The van der Waals surface area contributed by atoms with Crippen molar-refractivity contribution in [3.05, 3.63) is 65.9 Å². The second-order valence-electron chi connectivity index (χ2n) is 11.8. The highest BCUT2D eigenvalue weighted by Crippen LogP contribution is 2.24. The van der Waals surface area contributed by atoms with Crippen LogP contribution in [-0.2, 0) is 11.3 Å². The molecule has 1 aromatic carbocycles. The van der Waals surface area contributed by atoms with Crippen molar-refractivity contribution in [1.82, 2.24) is 25.5 Å². The van der Waals surface area contributed by atoms with Crippen molar-refractivity contribution in [2.24, 2.45) is 0 Å². The molecule has 45 heavy (non-hydrogen) atoms. The number of nitrogens with zero attached hydrogens (tertiary/aromatic N) is 3. The average molecular weight is 617 g/mol. The summed E-state index contributed by atoms with van der Waals surface area (Å²) in [5, 5.41) is 14.4. The average Bonchev–Trinajstić information content (AvgIpc) is 3.01. The molecule has 1 saturated heterocycles. The Balaban J connectivity index is 1.27. The van der Waals surface area contributed by atoms with Crippen LogP contribution in [0, 0.1) is 0 Å². The normalized spacial score (nSPS) is 13.4. The van der Waals surface area contributed by atoms with Crippen molar-refractivity contribution in [2.75, 3.05) is 48.7 Å². The molecule has 12 nitrogen and oxygen atoms in total. The van der Waals surface area contributed by atoms with E-state index in [0.29, 0.717) is 41.7 Å². The molecule has 0 saturated carbocycles. The van der Waals surface area contributed by atoms with E-state index in [0.717, 1.165) is 30.8 Å². The number of anilines is 3. The fourth-order valence-corrected chi connectivity index (χ4v) is 4.80. The number of carbonyl (C=O) groups is 3. The first-order valence-corrected chi connectivity index (χ1v) is 15.5. The van der Waals surface area contributed by atoms with Crippen LogP contribution in [0.15, 0.2) is 54.7 Å². The first-order valence-electron chi connectivity index (χ1n) is 15.5. The molecule has 3 aromatic rings. The molecule has 12 heteroatoms. The van der Waals surface area contributed by atoms with Crippen molar-refractivity contribution < 1.29 is 19.1 Å². The molecule has 2 aromatic heterocycles. The molecule has 4 amide bonds. The number of urea groups is 1. The molecule has 0 bridgehead atoms. The van der Waals surface area contributed by atoms with Gasteiger partial charge in [-0.15, -0.1) is 0 Å². The number of hydrogen-bond donors (Lipinski definition) is 5. The fourth-order valence-electron chi connectivity index (χ4n) is 4.80. The van der Waals surface area contributed by atoms with Crippen LogP contribution in [0.1, 0.15) is 62.9 Å². The number of pyridine rings is 2. The lowest BCUT2D eigenvalue weighted by molar-refractivity contribution is 0.0635. The maximum atomic E-state index is 12.9. The van der Waals surface area contributed by atoms with Gasteiger partial charge in [0.05, 0.1) is 11.3 Å². The van der Waals surface area contributed by atoms with E-state index in [9.17, 15) is 14.4 Å². The highest BCUT2D eigenvalue weighted by molar-refractivity contribution is 5.99. The lowest BCUT2D eigenvalue weighted by atomic mass is 10.1. The van der Waals surface area contributed by atoms with Gasteiger partial charge < -0.3 is 30.9 Å². The van der Waals surface area contributed by atoms with Crippen molar-refractivity contribution in [3.63, 3.8) is 0 Å². The van der Waals surface area contributed by atoms with E-state index in [1.165, 1.54) is 19.3 Å². The van der Waals surface area contributed by atoms with E-state index < -0.39 is 11.7 Å². The molecule has 0 radical (unpaired) electrons. The number of rotatable bonds is 11. The minimum Gasteiger partial charge on any atom is -0.444 e. The number of nitrogens with one attached hydrogen (secondary N) is 5. The molecule has 240 valence electrons. The second-order valence-corrected chi connectivity index (χ2v) is 11.8. The highest BCUT2D eigenvalue weighted by Gasteiger charge is 2.17. The Kier molecular flexibility index (Phi) is 11.7. The van der Waals surface area contributed by atoms with Gasteiger partial charge in [0.2, 0.25) is 0 Å². The van der Waals surface area contributed by atoms with Crippen LogP contribution in [0.25, 0.3) is 11.3 Å². The maximum Gasteiger partial charge on any atom is 0.413 e. The van der Waals surface area contributed by atoms with E-state index in [2.05, 4.69) is 36.5 Å². The van der Waals surface area contributed by atoms with Crippen LogP contribution >= 0.6 is 0 Å². The molecule has 0 unspecified atom stereocenters. The Morgan fingerprint density at radius 3 is 2.33 bits per heavy atom. The number of benzene rings is 1. The summed E-state index contributed by atoms with van der Waals surface area (Å²) in [4.78, 5) is 48.6. The largest absolute Gasteiger partial charge is 0.444 e. The molecule has 1 fully saturated rings. The van der Waals surface area contributed by atoms with Gasteiger partial charge in [-0.1, -0.05) is 24.6 Å². The van der Waals surface area contributed by atoms with Crippen LogP contribution in [0.3, 0.4) is 0 Å². The molecular formula is C33H44N8O4. The summed E-state index contributed by atoms with van der Waals surface area (Å²) in [6, 6.07) is 14.0. The summed E-state index contributed by atoms with van der Waals surface area (Å²) < 4.78 is 5.22. The first kappa shape index (κ1) is 33.2. The predicted octanol–water partition coefficient (Wildman–Crippen LogP) is 5.46. The fraction of sp³-hybridized carbons (Fsp3) is 0.424. The van der Waals surface area contributed by atoms with Gasteiger partial charge in [-0.3, -0.25) is 10.1 Å². The third kappa shape index (κ3) is 10.8. The second kappa shape index (κ2) is 15.8. The Hall–Kier alpha value is -4.71. The summed E-state index contributed by atoms with van der Waals surface area (Å²) in [5.74, 6) is 0.748. The molecule has 4 rings (SSSR count). The van der Waals surface area contributed by atoms with E-state index >= 15 is 0 Å². The molecule has 0 aliphatic carbocycles. The third-order valence-electron chi connectivity index (χ3n) is 6.99. The van der Waals surface area contributed by atoms with Crippen molar-refractivity contribution in [1.29, 1.82) is 0 Å².